The van der Waals surface area contributed by atoms with Crippen LogP contribution in [-0.2, 0) is 12.2 Å². The van der Waals surface area contributed by atoms with Crippen LogP contribution in [0.5, 0.6) is 0 Å². The number of benzene rings is 1. The van der Waals surface area contributed by atoms with Gasteiger partial charge in [-0.25, -0.2) is 4.98 Å². The molecule has 3 aromatic rings. The van der Waals surface area contributed by atoms with Gasteiger partial charge in [-0.15, -0.1) is 0 Å². The van der Waals surface area contributed by atoms with E-state index in [4.69, 9.17) is 0 Å². The lowest BCUT2D eigenvalue weighted by atomic mass is 10.1. The van der Waals surface area contributed by atoms with Crippen molar-refractivity contribution in [3.63, 3.8) is 0 Å². The van der Waals surface area contributed by atoms with E-state index in [1.807, 2.05) is 42.6 Å². The minimum atomic E-state index is -0.0500. The molecule has 2 aromatic heterocycles. The summed E-state index contributed by atoms with van der Waals surface area (Å²) in [6, 6.07) is 11.6. The summed E-state index contributed by atoms with van der Waals surface area (Å²) in [4.78, 5) is 19.3. The monoisotopic (exact) mass is 327 g/mol. The lowest BCUT2D eigenvalue weighted by Crippen LogP contribution is -2.25. The smallest absolute Gasteiger partial charge is 0.251 e. The lowest BCUT2D eigenvalue weighted by Gasteiger charge is -2.05. The van der Waals surface area contributed by atoms with Gasteiger partial charge in [0.1, 0.15) is 6.33 Å². The molecule has 0 unspecified atom stereocenters. The molecule has 0 saturated heterocycles. The van der Waals surface area contributed by atoms with Gasteiger partial charge >= 0.3 is 0 Å². The van der Waals surface area contributed by atoms with Crippen molar-refractivity contribution in [3.05, 3.63) is 65.7 Å². The molecule has 1 aromatic carbocycles. The van der Waals surface area contributed by atoms with Crippen molar-refractivity contribution in [2.24, 2.45) is 0 Å². The summed E-state index contributed by atoms with van der Waals surface area (Å²) in [5.74, 6) is 0.732. The first-order chi connectivity index (χ1) is 11.3. The molecular formula is C16H17N5OS. The largest absolute Gasteiger partial charge is 0.365 e. The van der Waals surface area contributed by atoms with Gasteiger partial charge in [0, 0.05) is 36.2 Å². The average molecular weight is 327 g/mol. The van der Waals surface area contributed by atoms with Crippen LogP contribution in [-0.4, -0.2) is 32.6 Å². The molecule has 0 aliphatic heterocycles. The highest BCUT2D eigenvalue weighted by atomic mass is 32.2. The van der Waals surface area contributed by atoms with Gasteiger partial charge in [-0.3, -0.25) is 9.89 Å². The highest BCUT2D eigenvalue weighted by Crippen LogP contribution is 2.18. The molecule has 3 N–H and O–H groups in total. The summed E-state index contributed by atoms with van der Waals surface area (Å²) in [6.07, 6.45) is 4.17. The fourth-order valence-corrected chi connectivity index (χ4v) is 2.84. The molecule has 6 nitrogen and oxygen atoms in total. The number of H-pyrrole nitrogens is 2. The molecule has 0 atom stereocenters. The molecule has 118 valence electrons. The normalized spacial score (nSPS) is 10.6. The van der Waals surface area contributed by atoms with Gasteiger partial charge in [0.15, 0.2) is 5.16 Å². The Balaban J connectivity index is 1.47. The van der Waals surface area contributed by atoms with Gasteiger partial charge in [0.25, 0.3) is 5.91 Å². The van der Waals surface area contributed by atoms with E-state index in [1.54, 1.807) is 11.8 Å². The zero-order valence-corrected chi connectivity index (χ0v) is 13.3. The second kappa shape index (κ2) is 7.64. The van der Waals surface area contributed by atoms with Crippen LogP contribution in [0.4, 0.5) is 0 Å². The number of nitrogens with one attached hydrogen (secondary N) is 3. The molecule has 0 aliphatic rings. The summed E-state index contributed by atoms with van der Waals surface area (Å²) in [5, 5.41) is 10.3. The second-order valence-electron chi connectivity index (χ2n) is 4.98. The van der Waals surface area contributed by atoms with Crippen LogP contribution >= 0.6 is 11.8 Å². The standard InChI is InChI=1S/C16H17N5OS/c22-15(18-9-7-14-2-1-8-17-14)13-5-3-12(4-6-13)10-23-16-19-11-20-21-16/h1-6,8,11,17H,7,9-10H2,(H,18,22)(H,19,20,21). The van der Waals surface area contributed by atoms with Gasteiger partial charge in [-0.2, -0.15) is 5.10 Å². The van der Waals surface area contributed by atoms with Gasteiger partial charge in [0.2, 0.25) is 0 Å². The first kappa shape index (κ1) is 15.4. The number of carbonyl (C=O) groups excluding carboxylic acids is 1. The Morgan fingerprint density at radius 2 is 2.09 bits per heavy atom. The molecule has 0 radical (unpaired) electrons. The molecule has 0 aliphatic carbocycles. The third-order valence-electron chi connectivity index (χ3n) is 3.33. The van der Waals surface area contributed by atoms with Crippen LogP contribution in [0.25, 0.3) is 0 Å². The number of amides is 1. The molecule has 0 spiro atoms. The number of nitrogens with zero attached hydrogens (tertiary/aromatic N) is 2. The van der Waals surface area contributed by atoms with Gasteiger partial charge in [-0.1, -0.05) is 23.9 Å². The Morgan fingerprint density at radius 1 is 1.22 bits per heavy atom. The van der Waals surface area contributed by atoms with Crippen molar-refractivity contribution in [2.75, 3.05) is 6.54 Å². The third-order valence-corrected chi connectivity index (χ3v) is 4.27. The van der Waals surface area contributed by atoms with Gasteiger partial charge < -0.3 is 10.3 Å². The van der Waals surface area contributed by atoms with Crippen molar-refractivity contribution in [2.45, 2.75) is 17.3 Å². The van der Waals surface area contributed by atoms with Gasteiger partial charge in [0.05, 0.1) is 0 Å². The minimum Gasteiger partial charge on any atom is -0.365 e. The molecule has 2 heterocycles. The average Bonchev–Trinajstić information content (AvgIpc) is 3.27. The Morgan fingerprint density at radius 3 is 2.78 bits per heavy atom. The molecular weight excluding hydrogens is 310 g/mol. The summed E-state index contributed by atoms with van der Waals surface area (Å²) in [6.45, 7) is 0.614. The number of rotatable bonds is 7. The first-order valence-electron chi connectivity index (χ1n) is 7.29. The van der Waals surface area contributed by atoms with Crippen molar-refractivity contribution < 1.29 is 4.79 Å². The number of hydrogen-bond donors (Lipinski definition) is 3. The molecule has 23 heavy (non-hydrogen) atoms. The van der Waals surface area contributed by atoms with Crippen molar-refractivity contribution in [3.8, 4) is 0 Å². The maximum Gasteiger partial charge on any atom is 0.251 e. The minimum absolute atomic E-state index is 0.0500. The summed E-state index contributed by atoms with van der Waals surface area (Å²) >= 11 is 1.57. The number of aromatic amines is 2. The predicted molar refractivity (Wildman–Crippen MR) is 89.2 cm³/mol. The Labute approximate surface area is 138 Å². The predicted octanol–water partition coefficient (Wildman–Crippen LogP) is 2.40. The van der Waals surface area contributed by atoms with E-state index >= 15 is 0 Å². The topological polar surface area (TPSA) is 86.5 Å². The quantitative estimate of drug-likeness (QED) is 0.582. The second-order valence-corrected chi connectivity index (χ2v) is 5.94. The van der Waals surface area contributed by atoms with Crippen LogP contribution in [0, 0.1) is 0 Å². The number of hydrogen-bond acceptors (Lipinski definition) is 4. The van der Waals surface area contributed by atoms with Crippen LogP contribution < -0.4 is 5.32 Å². The van der Waals surface area contributed by atoms with E-state index in [0.29, 0.717) is 12.1 Å². The molecule has 1 amide bonds. The number of thioether (sulfide) groups is 1. The van der Waals surface area contributed by atoms with Crippen molar-refractivity contribution in [1.29, 1.82) is 0 Å². The highest BCUT2D eigenvalue weighted by Gasteiger charge is 2.05. The van der Waals surface area contributed by atoms with Crippen molar-refractivity contribution >= 4 is 17.7 Å². The SMILES string of the molecule is O=C(NCCc1ccc[nH]1)c1ccc(CSc2ncn[nH]2)cc1. The maximum atomic E-state index is 12.1. The van der Waals surface area contributed by atoms with E-state index in [0.717, 1.165) is 28.6 Å². The maximum absolute atomic E-state index is 12.1. The Bertz CT molecular complexity index is 722. The summed E-state index contributed by atoms with van der Waals surface area (Å²) in [5.41, 5.74) is 2.92. The zero-order chi connectivity index (χ0) is 15.9. The molecule has 3 rings (SSSR count). The molecule has 0 saturated carbocycles. The highest BCUT2D eigenvalue weighted by molar-refractivity contribution is 7.98. The molecule has 0 fully saturated rings. The fourth-order valence-electron chi connectivity index (χ4n) is 2.10. The number of carbonyl (C=O) groups is 1. The fraction of sp³-hybridized carbons (Fsp3) is 0.188. The number of aromatic nitrogens is 4. The van der Waals surface area contributed by atoms with E-state index in [9.17, 15) is 4.79 Å². The Kier molecular flexibility index (Phi) is 5.10. The van der Waals surface area contributed by atoms with Gasteiger partial charge in [-0.05, 0) is 29.8 Å². The van der Waals surface area contributed by atoms with E-state index in [1.165, 1.54) is 6.33 Å². The molecule has 0 bridgehead atoms. The van der Waals surface area contributed by atoms with E-state index in [2.05, 4.69) is 25.5 Å². The lowest BCUT2D eigenvalue weighted by molar-refractivity contribution is 0.0954. The van der Waals surface area contributed by atoms with E-state index in [-0.39, 0.29) is 5.91 Å². The van der Waals surface area contributed by atoms with Crippen LogP contribution in [0.15, 0.2) is 54.1 Å². The zero-order valence-electron chi connectivity index (χ0n) is 12.5. The van der Waals surface area contributed by atoms with E-state index < -0.39 is 0 Å². The Hall–Kier alpha value is -2.54. The summed E-state index contributed by atoms with van der Waals surface area (Å²) < 4.78 is 0. The van der Waals surface area contributed by atoms with Crippen molar-refractivity contribution in [1.82, 2.24) is 25.5 Å². The third kappa shape index (κ3) is 4.46. The van der Waals surface area contributed by atoms with Crippen LogP contribution in [0.3, 0.4) is 0 Å². The van der Waals surface area contributed by atoms with Crippen LogP contribution in [0.1, 0.15) is 21.6 Å². The molecule has 7 heteroatoms. The van der Waals surface area contributed by atoms with Crippen LogP contribution in [0.2, 0.25) is 0 Å². The summed E-state index contributed by atoms with van der Waals surface area (Å²) in [7, 11) is 0. The first-order valence-corrected chi connectivity index (χ1v) is 8.27.